The average Bonchev–Trinajstić information content (AvgIpc) is 2.69. The van der Waals surface area contributed by atoms with Crippen molar-refractivity contribution in [3.05, 3.63) is 46.8 Å². The van der Waals surface area contributed by atoms with E-state index in [9.17, 15) is 4.79 Å². The van der Waals surface area contributed by atoms with Crippen molar-refractivity contribution in [2.45, 2.75) is 33.9 Å². The molecule has 0 saturated carbocycles. The maximum atomic E-state index is 12.3. The van der Waals surface area contributed by atoms with Crippen molar-refractivity contribution in [1.29, 1.82) is 0 Å². The van der Waals surface area contributed by atoms with Gasteiger partial charge in [0.2, 0.25) is 5.91 Å². The Bertz CT molecular complexity index is 643. The lowest BCUT2D eigenvalue weighted by molar-refractivity contribution is -0.131. The summed E-state index contributed by atoms with van der Waals surface area (Å²) in [5, 5.41) is 4.29. The monoisotopic (exact) mass is 286 g/mol. The lowest BCUT2D eigenvalue weighted by Gasteiger charge is -2.18. The zero-order valence-electron chi connectivity index (χ0n) is 13.1. The molecule has 21 heavy (non-hydrogen) atoms. The first kappa shape index (κ1) is 15.1. The Morgan fingerprint density at radius 1 is 1.24 bits per heavy atom. The molecule has 5 heteroatoms. The Kier molecular flexibility index (Phi) is 4.31. The fourth-order valence-corrected chi connectivity index (χ4v) is 2.17. The molecule has 2 rings (SSSR count). The molecule has 1 heterocycles. The zero-order valence-corrected chi connectivity index (χ0v) is 13.1. The molecule has 0 unspecified atom stereocenters. The molecule has 0 bridgehead atoms. The fraction of sp³-hybridized carbons (Fsp3) is 0.375. The second-order valence-electron chi connectivity index (χ2n) is 5.48. The van der Waals surface area contributed by atoms with Gasteiger partial charge < -0.3 is 10.6 Å². The van der Waals surface area contributed by atoms with Crippen molar-refractivity contribution < 1.29 is 4.79 Å². The minimum Gasteiger partial charge on any atom is -0.396 e. The minimum atomic E-state index is 0.0150. The summed E-state index contributed by atoms with van der Waals surface area (Å²) in [6.45, 7) is 6.58. The van der Waals surface area contributed by atoms with Crippen molar-refractivity contribution in [3.8, 4) is 0 Å². The van der Waals surface area contributed by atoms with E-state index in [1.54, 1.807) is 16.6 Å². The van der Waals surface area contributed by atoms with Crippen LogP contribution in [0, 0.1) is 20.8 Å². The highest BCUT2D eigenvalue weighted by Crippen LogP contribution is 2.15. The third kappa shape index (κ3) is 3.42. The maximum absolute atomic E-state index is 12.3. The van der Waals surface area contributed by atoms with Gasteiger partial charge in [0.15, 0.2) is 0 Å². The smallest absolute Gasteiger partial charge is 0.244 e. The molecule has 0 spiro atoms. The third-order valence-corrected chi connectivity index (χ3v) is 3.69. The van der Waals surface area contributed by atoms with Gasteiger partial charge >= 0.3 is 0 Å². The summed E-state index contributed by atoms with van der Waals surface area (Å²) in [4.78, 5) is 14.0. The number of hydrogen-bond acceptors (Lipinski definition) is 3. The molecule has 112 valence electrons. The van der Waals surface area contributed by atoms with Crippen LogP contribution in [0.4, 0.5) is 5.69 Å². The summed E-state index contributed by atoms with van der Waals surface area (Å²) in [6.07, 6.45) is 0. The quantitative estimate of drug-likeness (QED) is 0.935. The van der Waals surface area contributed by atoms with Crippen LogP contribution in [0.15, 0.2) is 24.3 Å². The first-order chi connectivity index (χ1) is 9.88. The Labute approximate surface area is 125 Å². The average molecular weight is 286 g/mol. The number of nitrogens with zero attached hydrogens (tertiary/aromatic N) is 3. The van der Waals surface area contributed by atoms with Gasteiger partial charge in [-0.05, 0) is 26.3 Å². The Hall–Kier alpha value is -2.30. The van der Waals surface area contributed by atoms with Crippen LogP contribution in [0.5, 0.6) is 0 Å². The van der Waals surface area contributed by atoms with Crippen LogP contribution in [-0.2, 0) is 17.9 Å². The fourth-order valence-electron chi connectivity index (χ4n) is 2.17. The largest absolute Gasteiger partial charge is 0.396 e. The first-order valence-corrected chi connectivity index (χ1v) is 6.97. The molecule has 0 aliphatic carbocycles. The molecule has 1 aromatic heterocycles. The number of likely N-dealkylation sites (N-methyl/N-ethyl adjacent to an activating group) is 1. The van der Waals surface area contributed by atoms with Crippen molar-refractivity contribution in [2.75, 3.05) is 12.8 Å². The first-order valence-electron chi connectivity index (χ1n) is 6.97. The van der Waals surface area contributed by atoms with E-state index in [4.69, 9.17) is 5.73 Å². The highest BCUT2D eigenvalue weighted by Gasteiger charge is 2.14. The van der Waals surface area contributed by atoms with Crippen LogP contribution < -0.4 is 5.73 Å². The summed E-state index contributed by atoms with van der Waals surface area (Å²) in [6, 6.07) is 8.19. The van der Waals surface area contributed by atoms with Gasteiger partial charge in [0.1, 0.15) is 6.54 Å². The molecule has 5 nitrogen and oxygen atoms in total. The maximum Gasteiger partial charge on any atom is 0.244 e. The van der Waals surface area contributed by atoms with E-state index < -0.39 is 0 Å². The Balaban J connectivity index is 2.02. The van der Waals surface area contributed by atoms with Crippen LogP contribution in [-0.4, -0.2) is 27.6 Å². The van der Waals surface area contributed by atoms with E-state index >= 15 is 0 Å². The van der Waals surface area contributed by atoms with E-state index in [0.29, 0.717) is 12.2 Å². The molecule has 0 aliphatic heterocycles. The zero-order chi connectivity index (χ0) is 15.6. The number of aromatic nitrogens is 2. The highest BCUT2D eigenvalue weighted by molar-refractivity contribution is 5.76. The SMILES string of the molecule is Cc1ccc(CN(C)C(=O)Cn2nc(C)c(N)c2C)cc1. The summed E-state index contributed by atoms with van der Waals surface area (Å²) < 4.78 is 1.67. The van der Waals surface area contributed by atoms with Crippen LogP contribution in [0.25, 0.3) is 0 Å². The molecule has 0 radical (unpaired) electrons. The van der Waals surface area contributed by atoms with Crippen molar-refractivity contribution in [1.82, 2.24) is 14.7 Å². The van der Waals surface area contributed by atoms with Crippen LogP contribution in [0.1, 0.15) is 22.5 Å². The normalized spacial score (nSPS) is 10.7. The second kappa shape index (κ2) is 5.99. The number of aryl methyl sites for hydroxylation is 2. The van der Waals surface area contributed by atoms with Crippen LogP contribution in [0.2, 0.25) is 0 Å². The van der Waals surface area contributed by atoms with Gasteiger partial charge in [-0.3, -0.25) is 9.48 Å². The highest BCUT2D eigenvalue weighted by atomic mass is 16.2. The third-order valence-electron chi connectivity index (χ3n) is 3.69. The topological polar surface area (TPSA) is 64.2 Å². The van der Waals surface area contributed by atoms with Gasteiger partial charge in [0.05, 0.1) is 17.1 Å². The number of nitrogen functional groups attached to an aromatic ring is 1. The molecule has 1 aromatic carbocycles. The predicted molar refractivity (Wildman–Crippen MR) is 83.8 cm³/mol. The Morgan fingerprint density at radius 2 is 1.86 bits per heavy atom. The van der Waals surface area contributed by atoms with Gasteiger partial charge in [-0.1, -0.05) is 29.8 Å². The summed E-state index contributed by atoms with van der Waals surface area (Å²) >= 11 is 0. The molecule has 1 amide bonds. The summed E-state index contributed by atoms with van der Waals surface area (Å²) in [5.74, 6) is 0.0150. The number of hydrogen-bond donors (Lipinski definition) is 1. The van der Waals surface area contributed by atoms with E-state index in [0.717, 1.165) is 17.0 Å². The van der Waals surface area contributed by atoms with Gasteiger partial charge in [-0.15, -0.1) is 0 Å². The lowest BCUT2D eigenvalue weighted by atomic mass is 10.1. The van der Waals surface area contributed by atoms with Crippen LogP contribution in [0.3, 0.4) is 0 Å². The van der Waals surface area contributed by atoms with Crippen molar-refractivity contribution >= 4 is 11.6 Å². The number of amides is 1. The van der Waals surface area contributed by atoms with Gasteiger partial charge in [-0.2, -0.15) is 5.10 Å². The number of anilines is 1. The van der Waals surface area contributed by atoms with E-state index in [-0.39, 0.29) is 12.5 Å². The van der Waals surface area contributed by atoms with E-state index in [1.165, 1.54) is 5.56 Å². The Morgan fingerprint density at radius 3 is 2.38 bits per heavy atom. The summed E-state index contributed by atoms with van der Waals surface area (Å²) in [5.41, 5.74) is 10.5. The number of nitrogens with two attached hydrogens (primary N) is 1. The van der Waals surface area contributed by atoms with Crippen LogP contribution >= 0.6 is 0 Å². The number of carbonyl (C=O) groups excluding carboxylic acids is 1. The molecular formula is C16H22N4O. The van der Waals surface area contributed by atoms with E-state index in [1.807, 2.05) is 32.9 Å². The molecule has 2 N–H and O–H groups in total. The summed E-state index contributed by atoms with van der Waals surface area (Å²) in [7, 11) is 1.80. The molecule has 0 aliphatic rings. The molecule has 0 atom stereocenters. The molecule has 0 saturated heterocycles. The van der Waals surface area contributed by atoms with Gasteiger partial charge in [0.25, 0.3) is 0 Å². The predicted octanol–water partition coefficient (Wildman–Crippen LogP) is 2.05. The number of benzene rings is 1. The van der Waals surface area contributed by atoms with Crippen molar-refractivity contribution in [3.63, 3.8) is 0 Å². The second-order valence-corrected chi connectivity index (χ2v) is 5.48. The minimum absolute atomic E-state index is 0.0150. The molecular weight excluding hydrogens is 264 g/mol. The van der Waals surface area contributed by atoms with E-state index in [2.05, 4.69) is 17.2 Å². The standard InChI is InChI=1S/C16H22N4O/c1-11-5-7-14(8-6-11)9-19(4)15(21)10-20-13(3)16(17)12(2)18-20/h5-8H,9-10,17H2,1-4H3. The van der Waals surface area contributed by atoms with Gasteiger partial charge in [0, 0.05) is 13.6 Å². The number of rotatable bonds is 4. The number of carbonyl (C=O) groups is 1. The molecule has 2 aromatic rings. The van der Waals surface area contributed by atoms with Gasteiger partial charge in [-0.25, -0.2) is 0 Å². The molecule has 0 fully saturated rings. The lowest BCUT2D eigenvalue weighted by Crippen LogP contribution is -2.30. The van der Waals surface area contributed by atoms with Crippen molar-refractivity contribution in [2.24, 2.45) is 0 Å².